The zero-order valence-corrected chi connectivity index (χ0v) is 14.8. The third kappa shape index (κ3) is 2.73. The SMILES string of the molecule is CC1(c2c[nH]c3ncccc23)CCN(S(=O)(=O)c2cccnc2)CC1. The van der Waals surface area contributed by atoms with Gasteiger partial charge in [-0.3, -0.25) is 4.98 Å². The van der Waals surface area contributed by atoms with E-state index in [1.54, 1.807) is 28.8 Å². The molecule has 0 saturated carbocycles. The van der Waals surface area contributed by atoms with Crippen LogP contribution in [0.1, 0.15) is 25.3 Å². The van der Waals surface area contributed by atoms with Crippen LogP contribution in [-0.4, -0.2) is 40.8 Å². The third-order valence-corrected chi connectivity index (χ3v) is 7.08. The van der Waals surface area contributed by atoms with Gasteiger partial charge in [-0.05, 0) is 48.1 Å². The van der Waals surface area contributed by atoms with Crippen molar-refractivity contribution in [1.29, 1.82) is 0 Å². The first-order chi connectivity index (χ1) is 12.0. The predicted octanol–water partition coefficient (Wildman–Crippen LogP) is 2.70. The van der Waals surface area contributed by atoms with Gasteiger partial charge in [0, 0.05) is 43.3 Å². The van der Waals surface area contributed by atoms with Crippen LogP contribution in [0.2, 0.25) is 0 Å². The van der Waals surface area contributed by atoms with Gasteiger partial charge in [-0.25, -0.2) is 13.4 Å². The van der Waals surface area contributed by atoms with E-state index in [2.05, 4.69) is 27.9 Å². The van der Waals surface area contributed by atoms with E-state index in [1.807, 2.05) is 12.3 Å². The topological polar surface area (TPSA) is 79.0 Å². The van der Waals surface area contributed by atoms with Crippen molar-refractivity contribution in [3.05, 3.63) is 54.6 Å². The number of nitrogens with one attached hydrogen (secondary N) is 1. The Balaban J connectivity index is 1.59. The number of nitrogens with zero attached hydrogens (tertiary/aromatic N) is 3. The van der Waals surface area contributed by atoms with Crippen LogP contribution in [0.3, 0.4) is 0 Å². The van der Waals surface area contributed by atoms with Gasteiger partial charge in [0.25, 0.3) is 0 Å². The zero-order valence-electron chi connectivity index (χ0n) is 14.0. The Morgan fingerprint density at radius 2 is 1.92 bits per heavy atom. The highest BCUT2D eigenvalue weighted by Gasteiger charge is 2.37. The molecule has 6 nitrogen and oxygen atoms in total. The van der Waals surface area contributed by atoms with E-state index in [9.17, 15) is 8.42 Å². The molecule has 3 aromatic heterocycles. The first-order valence-corrected chi connectivity index (χ1v) is 9.77. The average molecular weight is 356 g/mol. The number of aromatic amines is 1. The Labute approximate surface area is 147 Å². The normalized spacial score (nSPS) is 18.4. The van der Waals surface area contributed by atoms with Gasteiger partial charge in [-0.1, -0.05) is 6.92 Å². The molecule has 0 aromatic carbocycles. The molecule has 1 aliphatic heterocycles. The van der Waals surface area contributed by atoms with Crippen LogP contribution in [-0.2, 0) is 15.4 Å². The largest absolute Gasteiger partial charge is 0.346 e. The Kier molecular flexibility index (Phi) is 3.85. The fourth-order valence-electron chi connectivity index (χ4n) is 3.59. The van der Waals surface area contributed by atoms with Crippen molar-refractivity contribution in [2.24, 2.45) is 0 Å². The fourth-order valence-corrected chi connectivity index (χ4v) is 5.00. The second-order valence-corrected chi connectivity index (χ2v) is 8.69. The number of rotatable bonds is 3. The quantitative estimate of drug-likeness (QED) is 0.782. The van der Waals surface area contributed by atoms with E-state index < -0.39 is 10.0 Å². The summed E-state index contributed by atoms with van der Waals surface area (Å²) in [7, 11) is -3.47. The van der Waals surface area contributed by atoms with Crippen molar-refractivity contribution in [1.82, 2.24) is 19.3 Å². The van der Waals surface area contributed by atoms with Crippen LogP contribution >= 0.6 is 0 Å². The molecule has 0 bridgehead atoms. The van der Waals surface area contributed by atoms with Gasteiger partial charge in [0.05, 0.1) is 0 Å². The molecule has 1 saturated heterocycles. The first-order valence-electron chi connectivity index (χ1n) is 8.33. The van der Waals surface area contributed by atoms with Crippen LogP contribution in [0.4, 0.5) is 0 Å². The maximum Gasteiger partial charge on any atom is 0.244 e. The molecule has 4 rings (SSSR count). The molecule has 0 spiro atoms. The minimum Gasteiger partial charge on any atom is -0.346 e. The van der Waals surface area contributed by atoms with E-state index in [1.165, 1.54) is 11.8 Å². The summed E-state index contributed by atoms with van der Waals surface area (Å²) in [6.07, 6.45) is 8.32. The van der Waals surface area contributed by atoms with Crippen LogP contribution in [0, 0.1) is 0 Å². The molecule has 0 atom stereocenters. The molecule has 0 aliphatic carbocycles. The summed E-state index contributed by atoms with van der Waals surface area (Å²) in [6, 6.07) is 7.25. The summed E-state index contributed by atoms with van der Waals surface area (Å²) in [5, 5.41) is 1.12. The van der Waals surface area contributed by atoms with E-state index >= 15 is 0 Å². The highest BCUT2D eigenvalue weighted by atomic mass is 32.2. The highest BCUT2D eigenvalue weighted by molar-refractivity contribution is 7.89. The van der Waals surface area contributed by atoms with Gasteiger partial charge >= 0.3 is 0 Å². The number of hydrogen-bond acceptors (Lipinski definition) is 4. The van der Waals surface area contributed by atoms with Gasteiger partial charge in [0.15, 0.2) is 0 Å². The molecule has 130 valence electrons. The summed E-state index contributed by atoms with van der Waals surface area (Å²) in [5.74, 6) is 0. The molecule has 0 radical (unpaired) electrons. The van der Waals surface area contributed by atoms with Crippen molar-refractivity contribution in [2.75, 3.05) is 13.1 Å². The lowest BCUT2D eigenvalue weighted by Crippen LogP contribution is -2.43. The Hall–Kier alpha value is -2.25. The number of pyridine rings is 2. The predicted molar refractivity (Wildman–Crippen MR) is 95.7 cm³/mol. The number of H-pyrrole nitrogens is 1. The molecule has 0 unspecified atom stereocenters. The van der Waals surface area contributed by atoms with Crippen molar-refractivity contribution < 1.29 is 8.42 Å². The zero-order chi connectivity index (χ0) is 17.5. The molecule has 0 amide bonds. The van der Waals surface area contributed by atoms with Gasteiger partial charge in [0.1, 0.15) is 10.5 Å². The van der Waals surface area contributed by atoms with Gasteiger partial charge in [-0.2, -0.15) is 4.31 Å². The van der Waals surface area contributed by atoms with Crippen molar-refractivity contribution in [3.63, 3.8) is 0 Å². The highest BCUT2D eigenvalue weighted by Crippen LogP contribution is 2.39. The van der Waals surface area contributed by atoms with Gasteiger partial charge in [-0.15, -0.1) is 0 Å². The Morgan fingerprint density at radius 1 is 1.16 bits per heavy atom. The van der Waals surface area contributed by atoms with E-state index in [0.717, 1.165) is 23.9 Å². The molecule has 3 aromatic rings. The Bertz CT molecular complexity index is 990. The lowest BCUT2D eigenvalue weighted by atomic mass is 9.75. The minimum absolute atomic E-state index is 0.0672. The van der Waals surface area contributed by atoms with Crippen molar-refractivity contribution in [2.45, 2.75) is 30.1 Å². The summed E-state index contributed by atoms with van der Waals surface area (Å²) >= 11 is 0. The second-order valence-electron chi connectivity index (χ2n) is 6.76. The minimum atomic E-state index is -3.47. The molecule has 1 fully saturated rings. The molecular weight excluding hydrogens is 336 g/mol. The number of sulfonamides is 1. The monoisotopic (exact) mass is 356 g/mol. The molecule has 25 heavy (non-hydrogen) atoms. The van der Waals surface area contributed by atoms with Crippen LogP contribution in [0.5, 0.6) is 0 Å². The van der Waals surface area contributed by atoms with E-state index in [4.69, 9.17) is 0 Å². The number of piperidine rings is 1. The number of hydrogen-bond donors (Lipinski definition) is 1. The molecule has 7 heteroatoms. The van der Waals surface area contributed by atoms with Crippen LogP contribution in [0.25, 0.3) is 11.0 Å². The summed E-state index contributed by atoms with van der Waals surface area (Å²) < 4.78 is 27.1. The molecular formula is C18H20N4O2S. The third-order valence-electron chi connectivity index (χ3n) is 5.20. The Morgan fingerprint density at radius 3 is 2.64 bits per heavy atom. The van der Waals surface area contributed by atoms with Gasteiger partial charge in [0.2, 0.25) is 10.0 Å². The maximum atomic E-state index is 12.8. The average Bonchev–Trinajstić information content (AvgIpc) is 3.08. The number of fused-ring (bicyclic) bond motifs is 1. The lowest BCUT2D eigenvalue weighted by Gasteiger charge is -2.38. The maximum absolute atomic E-state index is 12.8. The summed E-state index contributed by atoms with van der Waals surface area (Å²) in [5.41, 5.74) is 2.03. The van der Waals surface area contributed by atoms with Crippen LogP contribution in [0.15, 0.2) is 53.9 Å². The van der Waals surface area contributed by atoms with E-state index in [0.29, 0.717) is 13.1 Å². The first kappa shape index (κ1) is 16.2. The smallest absolute Gasteiger partial charge is 0.244 e. The van der Waals surface area contributed by atoms with E-state index in [-0.39, 0.29) is 10.3 Å². The fraction of sp³-hybridized carbons (Fsp3) is 0.333. The summed E-state index contributed by atoms with van der Waals surface area (Å²) in [6.45, 7) is 3.21. The molecule has 1 aliphatic rings. The van der Waals surface area contributed by atoms with Crippen molar-refractivity contribution in [3.8, 4) is 0 Å². The summed E-state index contributed by atoms with van der Waals surface area (Å²) in [4.78, 5) is 11.8. The molecule has 1 N–H and O–H groups in total. The van der Waals surface area contributed by atoms with Gasteiger partial charge < -0.3 is 4.98 Å². The molecule has 4 heterocycles. The van der Waals surface area contributed by atoms with Crippen molar-refractivity contribution >= 4 is 21.1 Å². The second kappa shape index (κ2) is 5.93. The lowest BCUT2D eigenvalue weighted by molar-refractivity contribution is 0.250. The standard InChI is InChI=1S/C18H20N4O2S/c1-18(16-13-21-17-15(16)5-3-9-20-17)6-10-22(11-7-18)25(23,24)14-4-2-8-19-12-14/h2-5,8-9,12-13H,6-7,10-11H2,1H3,(H,20,21). The van der Waals surface area contributed by atoms with Crippen LogP contribution < -0.4 is 0 Å². The number of aromatic nitrogens is 3.